The van der Waals surface area contributed by atoms with Gasteiger partial charge < -0.3 is 10.2 Å². The van der Waals surface area contributed by atoms with Gasteiger partial charge in [0.05, 0.1) is 5.56 Å². The van der Waals surface area contributed by atoms with Crippen molar-refractivity contribution in [2.75, 3.05) is 38.0 Å². The van der Waals surface area contributed by atoms with Crippen molar-refractivity contribution in [2.45, 2.75) is 45.1 Å². The Morgan fingerprint density at radius 3 is 2.64 bits per heavy atom. The summed E-state index contributed by atoms with van der Waals surface area (Å²) in [5, 5.41) is 3.07. The second-order valence-electron chi connectivity index (χ2n) is 7.88. The Morgan fingerprint density at radius 2 is 1.96 bits per heavy atom. The molecule has 1 aromatic rings. The summed E-state index contributed by atoms with van der Waals surface area (Å²) in [6.07, 6.45) is 10.00. The maximum absolute atomic E-state index is 12.9. The van der Waals surface area contributed by atoms with Crippen LogP contribution in [0.5, 0.6) is 0 Å². The minimum absolute atomic E-state index is 0.0884. The summed E-state index contributed by atoms with van der Waals surface area (Å²) >= 11 is 0. The van der Waals surface area contributed by atoms with Crippen LogP contribution in [0.4, 0.5) is 5.95 Å². The van der Waals surface area contributed by atoms with E-state index in [1.165, 1.54) is 45.2 Å². The summed E-state index contributed by atoms with van der Waals surface area (Å²) in [5.74, 6) is 2.19. The molecule has 1 aliphatic carbocycles. The van der Waals surface area contributed by atoms with Crippen molar-refractivity contribution in [3.8, 4) is 0 Å². The van der Waals surface area contributed by atoms with Crippen molar-refractivity contribution < 1.29 is 4.79 Å². The van der Waals surface area contributed by atoms with E-state index in [1.54, 1.807) is 12.4 Å². The molecule has 4 heterocycles. The molecule has 6 heteroatoms. The first-order valence-corrected chi connectivity index (χ1v) is 9.82. The lowest BCUT2D eigenvalue weighted by atomic mass is 9.83. The topological polar surface area (TPSA) is 61.4 Å². The van der Waals surface area contributed by atoms with Gasteiger partial charge in [-0.1, -0.05) is 6.42 Å². The van der Waals surface area contributed by atoms with Crippen LogP contribution in [0.25, 0.3) is 0 Å². The van der Waals surface area contributed by atoms with Gasteiger partial charge in [0.25, 0.3) is 5.91 Å². The summed E-state index contributed by atoms with van der Waals surface area (Å²) in [5.41, 5.74) is 0.605. The number of hydrogen-bond acceptors (Lipinski definition) is 5. The number of carbonyl (C=O) groups is 1. The minimum atomic E-state index is 0.0884. The first-order valence-electron chi connectivity index (χ1n) is 9.82. The average Bonchev–Trinajstić information content (AvgIpc) is 2.90. The van der Waals surface area contributed by atoms with Gasteiger partial charge in [-0.15, -0.1) is 0 Å². The van der Waals surface area contributed by atoms with Gasteiger partial charge in [-0.05, 0) is 44.4 Å². The lowest BCUT2D eigenvalue weighted by Crippen LogP contribution is -2.47. The molecule has 1 amide bonds. The van der Waals surface area contributed by atoms with Crippen molar-refractivity contribution >= 4 is 11.9 Å². The van der Waals surface area contributed by atoms with Gasteiger partial charge in [-0.3, -0.25) is 9.69 Å². The van der Waals surface area contributed by atoms with E-state index in [1.807, 2.05) is 6.92 Å². The molecule has 2 bridgehead atoms. The molecule has 1 saturated carbocycles. The van der Waals surface area contributed by atoms with Gasteiger partial charge in [0, 0.05) is 51.2 Å². The average molecular weight is 343 g/mol. The van der Waals surface area contributed by atoms with Crippen LogP contribution in [0.3, 0.4) is 0 Å². The third kappa shape index (κ3) is 3.64. The molecular weight excluding hydrogens is 314 g/mol. The van der Waals surface area contributed by atoms with Crippen LogP contribution in [-0.2, 0) is 0 Å². The Labute approximate surface area is 150 Å². The Balaban J connectivity index is 1.43. The van der Waals surface area contributed by atoms with Crippen molar-refractivity contribution in [1.29, 1.82) is 0 Å². The molecule has 3 saturated heterocycles. The summed E-state index contributed by atoms with van der Waals surface area (Å²) in [6.45, 7) is 6.93. The Bertz CT molecular complexity index is 600. The molecule has 25 heavy (non-hydrogen) atoms. The molecule has 0 radical (unpaired) electrons. The fourth-order valence-electron chi connectivity index (χ4n) is 4.45. The zero-order chi connectivity index (χ0) is 17.2. The summed E-state index contributed by atoms with van der Waals surface area (Å²) in [6, 6.07) is 0.533. The first kappa shape index (κ1) is 16.8. The van der Waals surface area contributed by atoms with E-state index in [4.69, 9.17) is 0 Å². The molecule has 2 atom stereocenters. The molecular formula is C19H29N5O. The summed E-state index contributed by atoms with van der Waals surface area (Å²) < 4.78 is 0. The molecule has 6 nitrogen and oxygen atoms in total. The van der Waals surface area contributed by atoms with Crippen LogP contribution in [0.2, 0.25) is 0 Å². The maximum Gasteiger partial charge on any atom is 0.257 e. The largest absolute Gasteiger partial charge is 0.355 e. The van der Waals surface area contributed by atoms with Crippen molar-refractivity contribution in [3.63, 3.8) is 0 Å². The van der Waals surface area contributed by atoms with Crippen LogP contribution in [0.15, 0.2) is 12.4 Å². The fourth-order valence-corrected chi connectivity index (χ4v) is 4.45. The van der Waals surface area contributed by atoms with Crippen LogP contribution in [-0.4, -0.2) is 64.4 Å². The third-order valence-corrected chi connectivity index (χ3v) is 6.07. The number of rotatable bonds is 5. The molecule has 136 valence electrons. The van der Waals surface area contributed by atoms with Crippen LogP contribution in [0.1, 0.15) is 49.4 Å². The van der Waals surface area contributed by atoms with Crippen LogP contribution in [0, 0.1) is 11.8 Å². The Morgan fingerprint density at radius 1 is 1.16 bits per heavy atom. The van der Waals surface area contributed by atoms with Gasteiger partial charge >= 0.3 is 0 Å². The van der Waals surface area contributed by atoms with E-state index < -0.39 is 0 Å². The quantitative estimate of drug-likeness (QED) is 0.888. The minimum Gasteiger partial charge on any atom is -0.355 e. The zero-order valence-electron chi connectivity index (χ0n) is 15.2. The Kier molecular flexibility index (Phi) is 4.88. The molecule has 0 unspecified atom stereocenters. The number of hydrogen-bond donors (Lipinski definition) is 1. The highest BCUT2D eigenvalue weighted by Crippen LogP contribution is 2.33. The van der Waals surface area contributed by atoms with E-state index >= 15 is 0 Å². The predicted molar refractivity (Wildman–Crippen MR) is 97.5 cm³/mol. The number of carbonyl (C=O) groups excluding carboxylic acids is 1. The van der Waals surface area contributed by atoms with E-state index in [2.05, 4.69) is 25.1 Å². The molecule has 0 spiro atoms. The number of anilines is 1. The number of nitrogens with one attached hydrogen (secondary N) is 1. The normalized spacial score (nSPS) is 27.0. The molecule has 0 aromatic carbocycles. The van der Waals surface area contributed by atoms with E-state index in [9.17, 15) is 4.79 Å². The van der Waals surface area contributed by atoms with E-state index in [0.29, 0.717) is 23.5 Å². The van der Waals surface area contributed by atoms with Crippen LogP contribution >= 0.6 is 0 Å². The highest BCUT2D eigenvalue weighted by atomic mass is 16.2. The molecule has 1 N–H and O–H groups in total. The lowest BCUT2D eigenvalue weighted by molar-refractivity contribution is 0.0716. The summed E-state index contributed by atoms with van der Waals surface area (Å²) in [7, 11) is 0. The predicted octanol–water partition coefficient (Wildman–Crippen LogP) is 2.24. The molecule has 4 fully saturated rings. The third-order valence-electron chi connectivity index (χ3n) is 6.07. The number of nitrogens with zero attached hydrogens (tertiary/aromatic N) is 4. The first-order chi connectivity index (χ1) is 12.2. The van der Waals surface area contributed by atoms with Crippen LogP contribution < -0.4 is 5.32 Å². The molecule has 1 aromatic heterocycles. The number of amides is 1. The number of aromatic nitrogens is 2. The fraction of sp³-hybridized carbons (Fsp3) is 0.737. The molecule has 3 aliphatic heterocycles. The van der Waals surface area contributed by atoms with Gasteiger partial charge in [0.2, 0.25) is 5.95 Å². The van der Waals surface area contributed by atoms with Crippen molar-refractivity contribution in [3.05, 3.63) is 18.0 Å². The van der Waals surface area contributed by atoms with Crippen molar-refractivity contribution in [1.82, 2.24) is 19.8 Å². The lowest BCUT2D eigenvalue weighted by Gasteiger charge is -2.40. The van der Waals surface area contributed by atoms with Crippen molar-refractivity contribution in [2.24, 2.45) is 11.8 Å². The van der Waals surface area contributed by atoms with Gasteiger partial charge in [-0.2, -0.15) is 0 Å². The zero-order valence-corrected chi connectivity index (χ0v) is 15.2. The highest BCUT2D eigenvalue weighted by Gasteiger charge is 2.38. The highest BCUT2D eigenvalue weighted by molar-refractivity contribution is 5.93. The monoisotopic (exact) mass is 343 g/mol. The van der Waals surface area contributed by atoms with Gasteiger partial charge in [-0.25, -0.2) is 9.97 Å². The van der Waals surface area contributed by atoms with Gasteiger partial charge in [0.1, 0.15) is 0 Å². The standard InChI is InChI=1S/C19H29N5O/c1-2-20-19-21-8-16(9-22-19)18(25)24-12-15-6-7-17(13-24)23(11-15)10-14-4-3-5-14/h8-9,14-15,17H,2-7,10-13H2,1H3,(H,20,21,22)/t15-,17-/m0/s1. The number of piperidine rings is 1. The second-order valence-corrected chi connectivity index (χ2v) is 7.88. The SMILES string of the molecule is CCNc1ncc(C(=O)N2C[C@H]3CC[C@@H](C2)N(CC2CCC2)C3)cn1. The molecule has 5 rings (SSSR count). The van der Waals surface area contributed by atoms with E-state index in [-0.39, 0.29) is 5.91 Å². The Hall–Kier alpha value is -1.69. The van der Waals surface area contributed by atoms with Gasteiger partial charge in [0.15, 0.2) is 0 Å². The smallest absolute Gasteiger partial charge is 0.257 e. The molecule has 4 aliphatic rings. The summed E-state index contributed by atoms with van der Waals surface area (Å²) in [4.78, 5) is 26.2. The van der Waals surface area contributed by atoms with E-state index in [0.717, 1.165) is 25.6 Å². The number of fused-ring (bicyclic) bond motifs is 4. The maximum atomic E-state index is 12.9. The second kappa shape index (κ2) is 7.28.